The van der Waals surface area contributed by atoms with Crippen LogP contribution in [0.15, 0.2) is 22.0 Å². The molecular formula is C12H15N3O3S2. The van der Waals surface area contributed by atoms with Gasteiger partial charge in [0.15, 0.2) is 5.82 Å². The number of thioether (sulfide) groups is 1. The van der Waals surface area contributed by atoms with Gasteiger partial charge in [0.25, 0.3) is 5.89 Å². The summed E-state index contributed by atoms with van der Waals surface area (Å²) >= 11 is 3.02. The van der Waals surface area contributed by atoms with E-state index in [9.17, 15) is 4.79 Å². The Morgan fingerprint density at radius 1 is 1.65 bits per heavy atom. The quantitative estimate of drug-likeness (QED) is 0.781. The van der Waals surface area contributed by atoms with E-state index in [-0.39, 0.29) is 5.97 Å². The molecule has 2 heterocycles. The number of carbonyl (C=O) groups is 1. The van der Waals surface area contributed by atoms with Crippen LogP contribution in [-0.2, 0) is 15.3 Å². The Morgan fingerprint density at radius 2 is 2.50 bits per heavy atom. The first-order chi connectivity index (χ1) is 9.70. The van der Waals surface area contributed by atoms with E-state index < -0.39 is 6.04 Å². The molecule has 2 N–H and O–H groups in total. The number of hydrogen-bond donors (Lipinski definition) is 1. The lowest BCUT2D eigenvalue weighted by Crippen LogP contribution is -2.34. The molecular weight excluding hydrogens is 298 g/mol. The van der Waals surface area contributed by atoms with E-state index in [2.05, 4.69) is 10.1 Å². The minimum atomic E-state index is -0.622. The van der Waals surface area contributed by atoms with Gasteiger partial charge in [-0.1, -0.05) is 11.2 Å². The molecule has 8 heteroatoms. The van der Waals surface area contributed by atoms with Gasteiger partial charge < -0.3 is 15.0 Å². The second kappa shape index (κ2) is 7.41. The number of hydrogen-bond acceptors (Lipinski definition) is 8. The second-order valence-corrected chi connectivity index (χ2v) is 5.84. The molecule has 1 unspecified atom stereocenters. The summed E-state index contributed by atoms with van der Waals surface area (Å²) in [4.78, 5) is 16.6. The van der Waals surface area contributed by atoms with Crippen molar-refractivity contribution in [3.05, 3.63) is 23.3 Å². The molecule has 0 radical (unpaired) electrons. The number of nitrogens with two attached hydrogens (primary N) is 1. The number of carbonyl (C=O) groups excluding carboxylic acids is 1. The lowest BCUT2D eigenvalue weighted by atomic mass is 10.4. The minimum Gasteiger partial charge on any atom is -0.465 e. The highest BCUT2D eigenvalue weighted by Gasteiger charge is 2.15. The standard InChI is InChI=1S/C12H15N3O3S2/c1-2-17-12(16)8(13)6-19-7-10-14-11(18-15-10)9-4-3-5-20-9/h3-5,8H,2,6-7,13H2,1H3. The number of thiophene rings is 1. The molecule has 1 atom stereocenters. The van der Waals surface area contributed by atoms with E-state index >= 15 is 0 Å². The first-order valence-corrected chi connectivity index (χ1v) is 8.10. The smallest absolute Gasteiger partial charge is 0.323 e. The molecule has 0 aliphatic rings. The van der Waals surface area contributed by atoms with Gasteiger partial charge in [0, 0.05) is 5.75 Å². The Hall–Kier alpha value is -1.38. The van der Waals surface area contributed by atoms with Crippen LogP contribution in [-0.4, -0.2) is 34.5 Å². The minimum absolute atomic E-state index is 0.339. The lowest BCUT2D eigenvalue weighted by Gasteiger charge is -2.08. The average molecular weight is 313 g/mol. The summed E-state index contributed by atoms with van der Waals surface area (Å²) in [6.45, 7) is 2.09. The Kier molecular flexibility index (Phi) is 5.57. The van der Waals surface area contributed by atoms with Gasteiger partial charge in [0.2, 0.25) is 0 Å². The van der Waals surface area contributed by atoms with E-state index in [1.165, 1.54) is 11.8 Å². The van der Waals surface area contributed by atoms with E-state index in [1.807, 2.05) is 17.5 Å². The van der Waals surface area contributed by atoms with E-state index in [1.54, 1.807) is 18.3 Å². The molecule has 0 amide bonds. The van der Waals surface area contributed by atoms with Gasteiger partial charge in [0.05, 0.1) is 17.2 Å². The Morgan fingerprint density at radius 3 is 3.20 bits per heavy atom. The van der Waals surface area contributed by atoms with Gasteiger partial charge in [-0.25, -0.2) is 0 Å². The molecule has 0 aliphatic carbocycles. The van der Waals surface area contributed by atoms with Gasteiger partial charge in [-0.15, -0.1) is 11.3 Å². The van der Waals surface area contributed by atoms with Crippen LogP contribution in [0.1, 0.15) is 12.7 Å². The molecule has 0 fully saturated rings. The molecule has 6 nitrogen and oxygen atoms in total. The van der Waals surface area contributed by atoms with Gasteiger partial charge in [-0.3, -0.25) is 4.79 Å². The molecule has 2 aromatic rings. The van der Waals surface area contributed by atoms with Crippen molar-refractivity contribution in [3.63, 3.8) is 0 Å². The van der Waals surface area contributed by atoms with Crippen LogP contribution in [0.4, 0.5) is 0 Å². The summed E-state index contributed by atoms with van der Waals surface area (Å²) in [5, 5.41) is 5.84. The van der Waals surface area contributed by atoms with Crippen LogP contribution in [0.5, 0.6) is 0 Å². The summed E-state index contributed by atoms with van der Waals surface area (Å²) < 4.78 is 10.00. The number of ether oxygens (including phenoxy) is 1. The molecule has 0 spiro atoms. The zero-order valence-electron chi connectivity index (χ0n) is 10.9. The van der Waals surface area contributed by atoms with Gasteiger partial charge in [-0.2, -0.15) is 16.7 Å². The third-order valence-corrected chi connectivity index (χ3v) is 4.23. The predicted octanol–water partition coefficient (Wildman–Crippen LogP) is 1.92. The third-order valence-electron chi connectivity index (χ3n) is 2.32. The monoisotopic (exact) mass is 313 g/mol. The van der Waals surface area contributed by atoms with Crippen molar-refractivity contribution in [2.75, 3.05) is 12.4 Å². The van der Waals surface area contributed by atoms with Crippen LogP contribution in [0.25, 0.3) is 10.8 Å². The highest BCUT2D eigenvalue weighted by molar-refractivity contribution is 7.98. The average Bonchev–Trinajstić information content (AvgIpc) is 3.09. The van der Waals surface area contributed by atoms with Crippen LogP contribution >= 0.6 is 23.1 Å². The van der Waals surface area contributed by atoms with Crippen molar-refractivity contribution >= 4 is 29.1 Å². The third kappa shape index (κ3) is 4.06. The van der Waals surface area contributed by atoms with Crippen molar-refractivity contribution < 1.29 is 14.1 Å². The molecule has 2 rings (SSSR count). The number of rotatable bonds is 7. The van der Waals surface area contributed by atoms with E-state index in [4.69, 9.17) is 15.0 Å². The fourth-order valence-corrected chi connectivity index (χ4v) is 2.86. The second-order valence-electron chi connectivity index (χ2n) is 3.87. The van der Waals surface area contributed by atoms with Gasteiger partial charge in [-0.05, 0) is 18.4 Å². The topological polar surface area (TPSA) is 91.2 Å². The molecule has 108 valence electrons. The Balaban J connectivity index is 1.79. The molecule has 0 bridgehead atoms. The zero-order valence-corrected chi connectivity index (χ0v) is 12.6. The van der Waals surface area contributed by atoms with Gasteiger partial charge in [0.1, 0.15) is 6.04 Å². The fraction of sp³-hybridized carbons (Fsp3) is 0.417. The molecule has 0 saturated carbocycles. The normalized spacial score (nSPS) is 12.3. The summed E-state index contributed by atoms with van der Waals surface area (Å²) in [5.74, 6) is 1.73. The molecule has 2 aromatic heterocycles. The molecule has 20 heavy (non-hydrogen) atoms. The predicted molar refractivity (Wildman–Crippen MR) is 78.4 cm³/mol. The van der Waals surface area contributed by atoms with Crippen molar-refractivity contribution in [2.24, 2.45) is 5.73 Å². The highest BCUT2D eigenvalue weighted by atomic mass is 32.2. The zero-order chi connectivity index (χ0) is 14.4. The summed E-state index contributed by atoms with van der Waals surface area (Å²) in [5.41, 5.74) is 5.69. The van der Waals surface area contributed by atoms with Crippen molar-refractivity contribution in [1.82, 2.24) is 10.1 Å². The summed E-state index contributed by atoms with van der Waals surface area (Å²) in [7, 11) is 0. The number of aromatic nitrogens is 2. The maximum absolute atomic E-state index is 11.3. The number of esters is 1. The lowest BCUT2D eigenvalue weighted by molar-refractivity contribution is -0.144. The van der Waals surface area contributed by atoms with Crippen molar-refractivity contribution in [3.8, 4) is 10.8 Å². The number of nitrogens with zero attached hydrogens (tertiary/aromatic N) is 2. The maximum atomic E-state index is 11.3. The largest absolute Gasteiger partial charge is 0.465 e. The molecule has 0 saturated heterocycles. The SMILES string of the molecule is CCOC(=O)C(N)CSCc1noc(-c2cccs2)n1. The Bertz CT molecular complexity index is 542. The summed E-state index contributed by atoms with van der Waals surface area (Å²) in [6, 6.07) is 3.23. The first kappa shape index (κ1) is 15.0. The van der Waals surface area contributed by atoms with E-state index in [0.29, 0.717) is 29.8 Å². The van der Waals surface area contributed by atoms with Crippen LogP contribution in [0.3, 0.4) is 0 Å². The first-order valence-electron chi connectivity index (χ1n) is 6.07. The van der Waals surface area contributed by atoms with E-state index in [0.717, 1.165) is 4.88 Å². The van der Waals surface area contributed by atoms with Crippen LogP contribution in [0.2, 0.25) is 0 Å². The Labute approximate surface area is 124 Å². The highest BCUT2D eigenvalue weighted by Crippen LogP contribution is 2.23. The van der Waals surface area contributed by atoms with Gasteiger partial charge >= 0.3 is 5.97 Å². The van der Waals surface area contributed by atoms with Crippen LogP contribution < -0.4 is 5.73 Å². The van der Waals surface area contributed by atoms with Crippen molar-refractivity contribution in [2.45, 2.75) is 18.7 Å². The van der Waals surface area contributed by atoms with Crippen LogP contribution in [0, 0.1) is 0 Å². The molecule has 0 aromatic carbocycles. The maximum Gasteiger partial charge on any atom is 0.323 e. The fourth-order valence-electron chi connectivity index (χ4n) is 1.41. The van der Waals surface area contributed by atoms with Crippen molar-refractivity contribution in [1.29, 1.82) is 0 Å². The summed E-state index contributed by atoms with van der Waals surface area (Å²) in [6.07, 6.45) is 0. The molecule has 0 aliphatic heterocycles.